The first kappa shape index (κ1) is 39.6. The van der Waals surface area contributed by atoms with E-state index in [0.717, 1.165) is 17.1 Å². The Balaban J connectivity index is 0.863. The van der Waals surface area contributed by atoms with Gasteiger partial charge in [-0.1, -0.05) is 194 Å². The number of rotatable bonds is 6. The lowest BCUT2D eigenvalue weighted by molar-refractivity contribution is 0.775. The third kappa shape index (κ3) is 6.16. The molecule has 0 unspecified atom stereocenters. The molecule has 12 aromatic rings. The van der Waals surface area contributed by atoms with Crippen molar-refractivity contribution in [3.8, 4) is 66.8 Å². The molecule has 1 heterocycles. The summed E-state index contributed by atoms with van der Waals surface area (Å²) in [5.41, 5.74) is 23.2. The summed E-state index contributed by atoms with van der Waals surface area (Å²) < 4.78 is 2.60. The van der Waals surface area contributed by atoms with Gasteiger partial charge in [-0.2, -0.15) is 0 Å². The standard InChI is InChI=1S/C67H43NS/c1-3-15-44(16-4-1)45-27-34-51(35-28-45)68(50-17-5-2-6-18-50)52-36-29-46(30-37-52)47-32-39-65-59(41-47)60-42-48(33-40-66(60)69-65)49-31-38-58-57-23-11-14-26-63(57)67(64(58)43-49)61-24-12-9-21-55(61)53-19-7-8-20-54(53)56-22-10-13-25-62(56)67/h1-43H. The molecule has 0 fully saturated rings. The lowest BCUT2D eigenvalue weighted by atomic mass is 9.65. The quantitative estimate of drug-likeness (QED) is 0.161. The number of fused-ring (bicyclic) bond motifs is 15. The van der Waals surface area contributed by atoms with E-state index in [9.17, 15) is 0 Å². The van der Waals surface area contributed by atoms with Gasteiger partial charge in [0, 0.05) is 37.2 Å². The molecule has 69 heavy (non-hydrogen) atoms. The van der Waals surface area contributed by atoms with Crippen LogP contribution in [0.5, 0.6) is 0 Å². The minimum atomic E-state index is -0.511. The summed E-state index contributed by atoms with van der Waals surface area (Å²) in [6, 6.07) is 96.8. The predicted octanol–water partition coefficient (Wildman–Crippen LogP) is 18.5. The number of anilines is 3. The molecule has 0 saturated carbocycles. The maximum Gasteiger partial charge on any atom is 0.0725 e. The maximum atomic E-state index is 2.51. The van der Waals surface area contributed by atoms with Gasteiger partial charge in [-0.25, -0.2) is 0 Å². The summed E-state index contributed by atoms with van der Waals surface area (Å²) in [4.78, 5) is 2.33. The molecule has 322 valence electrons. The van der Waals surface area contributed by atoms with E-state index >= 15 is 0 Å². The van der Waals surface area contributed by atoms with E-state index in [0.29, 0.717) is 0 Å². The third-order valence-corrected chi connectivity index (χ3v) is 15.9. The van der Waals surface area contributed by atoms with Gasteiger partial charge in [-0.15, -0.1) is 11.3 Å². The molecule has 0 atom stereocenters. The molecule has 1 spiro atoms. The molecule has 0 N–H and O–H groups in total. The molecule has 0 amide bonds. The van der Waals surface area contributed by atoms with Crippen LogP contribution in [0.4, 0.5) is 17.1 Å². The lowest BCUT2D eigenvalue weighted by Crippen LogP contribution is -2.29. The fourth-order valence-corrected chi connectivity index (χ4v) is 12.7. The highest BCUT2D eigenvalue weighted by molar-refractivity contribution is 7.25. The fourth-order valence-electron chi connectivity index (χ4n) is 11.6. The number of benzene rings is 11. The molecule has 11 aromatic carbocycles. The molecule has 0 saturated heterocycles. The van der Waals surface area contributed by atoms with Crippen LogP contribution in [-0.4, -0.2) is 0 Å². The molecule has 2 aliphatic rings. The van der Waals surface area contributed by atoms with E-state index in [1.165, 1.54) is 109 Å². The number of thiophene rings is 1. The Morgan fingerprint density at radius 2 is 0.594 bits per heavy atom. The van der Waals surface area contributed by atoms with Gasteiger partial charge in [0.2, 0.25) is 0 Å². The molecule has 1 aromatic heterocycles. The second kappa shape index (κ2) is 15.8. The molecule has 0 bridgehead atoms. The Hall–Kier alpha value is -8.56. The Morgan fingerprint density at radius 3 is 1.13 bits per heavy atom. The van der Waals surface area contributed by atoms with Gasteiger partial charge in [0.25, 0.3) is 0 Å². The van der Waals surface area contributed by atoms with Crippen molar-refractivity contribution in [3.63, 3.8) is 0 Å². The van der Waals surface area contributed by atoms with Gasteiger partial charge in [-0.05, 0) is 156 Å². The van der Waals surface area contributed by atoms with Crippen LogP contribution in [0.3, 0.4) is 0 Å². The highest BCUT2D eigenvalue weighted by Crippen LogP contribution is 2.62. The van der Waals surface area contributed by atoms with E-state index in [1.807, 2.05) is 11.3 Å². The van der Waals surface area contributed by atoms with Crippen LogP contribution in [0, 0.1) is 0 Å². The van der Waals surface area contributed by atoms with Gasteiger partial charge in [-0.3, -0.25) is 0 Å². The number of hydrogen-bond acceptors (Lipinski definition) is 2. The van der Waals surface area contributed by atoms with E-state index in [1.54, 1.807) is 0 Å². The summed E-state index contributed by atoms with van der Waals surface area (Å²) >= 11 is 1.87. The average molecular weight is 894 g/mol. The number of hydrogen-bond donors (Lipinski definition) is 0. The monoisotopic (exact) mass is 893 g/mol. The second-order valence-corrected chi connectivity index (χ2v) is 19.4. The molecular formula is C67H43NS. The maximum absolute atomic E-state index is 2.51. The largest absolute Gasteiger partial charge is 0.311 e. The van der Waals surface area contributed by atoms with Crippen molar-refractivity contribution in [2.24, 2.45) is 0 Å². The highest BCUT2D eigenvalue weighted by Gasteiger charge is 2.49. The van der Waals surface area contributed by atoms with Crippen molar-refractivity contribution in [1.82, 2.24) is 0 Å². The Labute approximate surface area is 406 Å². The Bertz CT molecular complexity index is 3870. The van der Waals surface area contributed by atoms with Gasteiger partial charge in [0.05, 0.1) is 5.41 Å². The molecule has 14 rings (SSSR count). The fraction of sp³-hybridized carbons (Fsp3) is 0.0149. The summed E-state index contributed by atoms with van der Waals surface area (Å²) in [5, 5.41) is 2.58. The summed E-state index contributed by atoms with van der Waals surface area (Å²) in [7, 11) is 0. The van der Waals surface area contributed by atoms with E-state index in [2.05, 4.69) is 266 Å². The minimum absolute atomic E-state index is 0.511. The van der Waals surface area contributed by atoms with Crippen molar-refractivity contribution < 1.29 is 0 Å². The van der Waals surface area contributed by atoms with Crippen LogP contribution in [0.25, 0.3) is 86.9 Å². The van der Waals surface area contributed by atoms with Crippen LogP contribution in [0.15, 0.2) is 261 Å². The van der Waals surface area contributed by atoms with Gasteiger partial charge >= 0.3 is 0 Å². The zero-order valence-corrected chi connectivity index (χ0v) is 38.5. The van der Waals surface area contributed by atoms with Crippen molar-refractivity contribution >= 4 is 48.6 Å². The van der Waals surface area contributed by atoms with Gasteiger partial charge < -0.3 is 4.90 Å². The second-order valence-electron chi connectivity index (χ2n) is 18.3. The number of nitrogens with zero attached hydrogens (tertiary/aromatic N) is 1. The molecule has 2 heteroatoms. The average Bonchev–Trinajstić information content (AvgIpc) is 3.91. The van der Waals surface area contributed by atoms with Crippen molar-refractivity contribution in [2.75, 3.05) is 4.90 Å². The third-order valence-electron chi connectivity index (χ3n) is 14.7. The van der Waals surface area contributed by atoms with Gasteiger partial charge in [0.15, 0.2) is 0 Å². The van der Waals surface area contributed by atoms with E-state index in [4.69, 9.17) is 0 Å². The Kier molecular flexibility index (Phi) is 9.05. The SMILES string of the molecule is c1ccc(-c2ccc(N(c3ccccc3)c3ccc(-c4ccc5sc6ccc(-c7ccc8c(c7)C7(c9ccccc9-c9ccccc9-c9ccccc97)c7ccccc7-8)cc6c5c4)cc3)cc2)cc1. The summed E-state index contributed by atoms with van der Waals surface area (Å²) in [6.07, 6.45) is 0. The van der Waals surface area contributed by atoms with E-state index < -0.39 is 5.41 Å². The smallest absolute Gasteiger partial charge is 0.0725 e. The lowest BCUT2D eigenvalue weighted by Gasteiger charge is -2.35. The zero-order chi connectivity index (χ0) is 45.5. The summed E-state index contributed by atoms with van der Waals surface area (Å²) in [6.45, 7) is 0. The van der Waals surface area contributed by atoms with Crippen LogP contribution in [-0.2, 0) is 5.41 Å². The molecule has 0 aliphatic heterocycles. The summed E-state index contributed by atoms with van der Waals surface area (Å²) in [5.74, 6) is 0. The zero-order valence-electron chi connectivity index (χ0n) is 37.7. The van der Waals surface area contributed by atoms with Crippen LogP contribution >= 0.6 is 11.3 Å². The van der Waals surface area contributed by atoms with Crippen LogP contribution in [0.1, 0.15) is 22.3 Å². The first-order valence-electron chi connectivity index (χ1n) is 23.8. The topological polar surface area (TPSA) is 3.24 Å². The molecule has 0 radical (unpaired) electrons. The molecular weight excluding hydrogens is 851 g/mol. The molecule has 1 nitrogen and oxygen atoms in total. The predicted molar refractivity (Wildman–Crippen MR) is 292 cm³/mol. The van der Waals surface area contributed by atoms with Crippen molar-refractivity contribution in [1.29, 1.82) is 0 Å². The van der Waals surface area contributed by atoms with E-state index in [-0.39, 0.29) is 0 Å². The van der Waals surface area contributed by atoms with Crippen molar-refractivity contribution in [2.45, 2.75) is 5.41 Å². The van der Waals surface area contributed by atoms with Crippen LogP contribution < -0.4 is 4.90 Å². The van der Waals surface area contributed by atoms with Crippen LogP contribution in [0.2, 0.25) is 0 Å². The van der Waals surface area contributed by atoms with Crippen molar-refractivity contribution in [3.05, 3.63) is 283 Å². The highest BCUT2D eigenvalue weighted by atomic mass is 32.1. The van der Waals surface area contributed by atoms with Gasteiger partial charge in [0.1, 0.15) is 0 Å². The number of para-hydroxylation sites is 1. The first-order valence-corrected chi connectivity index (χ1v) is 24.6. The first-order chi connectivity index (χ1) is 34.2. The Morgan fingerprint density at radius 1 is 0.246 bits per heavy atom. The molecule has 2 aliphatic carbocycles. The normalized spacial score (nSPS) is 12.8. The minimum Gasteiger partial charge on any atom is -0.311 e.